The van der Waals surface area contributed by atoms with Crippen molar-refractivity contribution in [3.63, 3.8) is 0 Å². The molecule has 0 spiro atoms. The van der Waals surface area contributed by atoms with Gasteiger partial charge in [-0.3, -0.25) is 4.79 Å². The monoisotopic (exact) mass is 425 g/mol. The minimum Gasteiger partial charge on any atom is -0.329 e. The summed E-state index contributed by atoms with van der Waals surface area (Å²) in [7, 11) is -3.09. The van der Waals surface area contributed by atoms with E-state index < -0.39 is 9.84 Å². The second kappa shape index (κ2) is 6.96. The van der Waals surface area contributed by atoms with Crippen molar-refractivity contribution in [3.05, 3.63) is 56.6 Å². The zero-order valence-electron chi connectivity index (χ0n) is 13.7. The lowest BCUT2D eigenvalue weighted by Crippen LogP contribution is -2.40. The smallest absolute Gasteiger partial charge is 0.266 e. The Hall–Kier alpha value is -1.41. The lowest BCUT2D eigenvalue weighted by molar-refractivity contribution is 0.0688. The van der Waals surface area contributed by atoms with E-state index in [9.17, 15) is 13.2 Å². The number of amides is 1. The van der Waals surface area contributed by atoms with Gasteiger partial charge < -0.3 is 4.90 Å². The van der Waals surface area contributed by atoms with Crippen LogP contribution in [0.25, 0.3) is 10.1 Å². The molecule has 4 nitrogen and oxygen atoms in total. The second-order valence-electron chi connectivity index (χ2n) is 6.31. The number of carbonyl (C=O) groups excluding carboxylic acids is 1. The number of sulfone groups is 1. The standard InChI is InChI=1S/C18H16ClNO3S3/c19-16-14-5-1-2-6-15(14)25-17(16)18(21)20(10-13-4-3-8-24-13)12-7-9-26(22,23)11-12/h1-6,8,12H,7,9-11H2/t12-/m0/s1. The van der Waals surface area contributed by atoms with Crippen LogP contribution in [0.1, 0.15) is 21.0 Å². The van der Waals surface area contributed by atoms with Crippen molar-refractivity contribution in [2.75, 3.05) is 11.5 Å². The molecule has 4 rings (SSSR count). The van der Waals surface area contributed by atoms with Crippen molar-refractivity contribution in [1.29, 1.82) is 0 Å². The fraction of sp³-hybridized carbons (Fsp3) is 0.278. The largest absolute Gasteiger partial charge is 0.329 e. The first-order valence-electron chi connectivity index (χ1n) is 8.15. The van der Waals surface area contributed by atoms with Crippen LogP contribution in [0.15, 0.2) is 41.8 Å². The van der Waals surface area contributed by atoms with Gasteiger partial charge >= 0.3 is 0 Å². The van der Waals surface area contributed by atoms with Crippen LogP contribution in [0.5, 0.6) is 0 Å². The summed E-state index contributed by atoms with van der Waals surface area (Å²) in [5, 5.41) is 3.26. The molecule has 8 heteroatoms. The molecule has 1 amide bonds. The second-order valence-corrected chi connectivity index (χ2v) is 11.0. The maximum Gasteiger partial charge on any atom is 0.266 e. The molecular weight excluding hydrogens is 410 g/mol. The molecule has 1 aliphatic heterocycles. The van der Waals surface area contributed by atoms with Gasteiger partial charge in [0.1, 0.15) is 4.88 Å². The van der Waals surface area contributed by atoms with E-state index in [1.165, 1.54) is 11.3 Å². The molecule has 1 saturated heterocycles. The number of carbonyl (C=O) groups is 1. The molecular formula is C18H16ClNO3S3. The van der Waals surface area contributed by atoms with Gasteiger partial charge in [0.15, 0.2) is 9.84 Å². The highest BCUT2D eigenvalue weighted by Gasteiger charge is 2.36. The van der Waals surface area contributed by atoms with Crippen molar-refractivity contribution >= 4 is 60.1 Å². The fourth-order valence-electron chi connectivity index (χ4n) is 3.24. The molecule has 1 atom stereocenters. The molecule has 1 aromatic carbocycles. The summed E-state index contributed by atoms with van der Waals surface area (Å²) in [5.74, 6) is -0.0368. The first-order valence-corrected chi connectivity index (χ1v) is 12.0. The first-order chi connectivity index (χ1) is 12.4. The zero-order valence-corrected chi connectivity index (χ0v) is 16.9. The predicted molar refractivity (Wildman–Crippen MR) is 108 cm³/mol. The van der Waals surface area contributed by atoms with Crippen molar-refractivity contribution in [3.8, 4) is 0 Å². The zero-order chi connectivity index (χ0) is 18.3. The van der Waals surface area contributed by atoms with Gasteiger partial charge in [-0.2, -0.15) is 0 Å². The maximum absolute atomic E-state index is 13.3. The van der Waals surface area contributed by atoms with Crippen molar-refractivity contribution in [2.45, 2.75) is 19.0 Å². The summed E-state index contributed by atoms with van der Waals surface area (Å²) >= 11 is 9.41. The van der Waals surface area contributed by atoms with Crippen LogP contribution in [0, 0.1) is 0 Å². The van der Waals surface area contributed by atoms with Crippen LogP contribution in [0.2, 0.25) is 5.02 Å². The van der Waals surface area contributed by atoms with E-state index in [1.54, 1.807) is 16.2 Å². The van der Waals surface area contributed by atoms with Crippen LogP contribution < -0.4 is 0 Å². The Morgan fingerprint density at radius 3 is 2.69 bits per heavy atom. The molecule has 0 aliphatic carbocycles. The van der Waals surface area contributed by atoms with E-state index in [4.69, 9.17) is 11.6 Å². The third-order valence-electron chi connectivity index (χ3n) is 4.55. The van der Waals surface area contributed by atoms with Gasteiger partial charge in [0, 0.05) is 21.0 Å². The molecule has 1 fully saturated rings. The van der Waals surface area contributed by atoms with E-state index in [0.29, 0.717) is 22.9 Å². The average Bonchev–Trinajstić information content (AvgIpc) is 3.32. The minimum atomic E-state index is -3.09. The van der Waals surface area contributed by atoms with E-state index in [-0.39, 0.29) is 23.5 Å². The number of benzene rings is 1. The van der Waals surface area contributed by atoms with Gasteiger partial charge in [-0.15, -0.1) is 22.7 Å². The molecule has 3 heterocycles. The molecule has 0 unspecified atom stereocenters. The third-order valence-corrected chi connectivity index (χ3v) is 8.82. The lowest BCUT2D eigenvalue weighted by Gasteiger charge is -2.27. The summed E-state index contributed by atoms with van der Waals surface area (Å²) in [6, 6.07) is 11.2. The van der Waals surface area contributed by atoms with Gasteiger partial charge in [-0.25, -0.2) is 8.42 Å². The summed E-state index contributed by atoms with van der Waals surface area (Å²) in [5.41, 5.74) is 0. The Balaban J connectivity index is 1.72. The summed E-state index contributed by atoms with van der Waals surface area (Å²) in [6.07, 6.45) is 0.474. The fourth-order valence-corrected chi connectivity index (χ4v) is 7.14. The van der Waals surface area contributed by atoms with Crippen LogP contribution >= 0.6 is 34.3 Å². The normalized spacial score (nSPS) is 19.0. The third kappa shape index (κ3) is 3.41. The number of hydrogen-bond donors (Lipinski definition) is 0. The molecule has 0 bridgehead atoms. The minimum absolute atomic E-state index is 0.0205. The molecule has 2 aromatic heterocycles. The topological polar surface area (TPSA) is 54.5 Å². The summed E-state index contributed by atoms with van der Waals surface area (Å²) in [4.78, 5) is 16.5. The summed E-state index contributed by atoms with van der Waals surface area (Å²) in [6.45, 7) is 0.404. The van der Waals surface area contributed by atoms with Gasteiger partial charge in [-0.05, 0) is 23.9 Å². The Bertz CT molecular complexity index is 1060. The number of halogens is 1. The predicted octanol–water partition coefficient (Wildman–Crippen LogP) is 4.45. The van der Waals surface area contributed by atoms with Gasteiger partial charge in [0.25, 0.3) is 5.91 Å². The molecule has 3 aromatic rings. The Morgan fingerprint density at radius 2 is 2.04 bits per heavy atom. The first kappa shape index (κ1) is 18.0. The number of rotatable bonds is 4. The summed E-state index contributed by atoms with van der Waals surface area (Å²) < 4.78 is 24.9. The van der Waals surface area contributed by atoms with E-state index in [2.05, 4.69) is 0 Å². The molecule has 0 saturated carbocycles. The lowest BCUT2D eigenvalue weighted by atomic mass is 10.2. The Kier molecular flexibility index (Phi) is 4.81. The maximum atomic E-state index is 13.3. The molecule has 136 valence electrons. The van der Waals surface area contributed by atoms with Crippen molar-refractivity contribution in [2.24, 2.45) is 0 Å². The number of hydrogen-bond acceptors (Lipinski definition) is 5. The van der Waals surface area contributed by atoms with E-state index >= 15 is 0 Å². The number of thiophene rings is 2. The quantitative estimate of drug-likeness (QED) is 0.620. The van der Waals surface area contributed by atoms with Gasteiger partial charge in [-0.1, -0.05) is 35.9 Å². The molecule has 26 heavy (non-hydrogen) atoms. The van der Waals surface area contributed by atoms with Gasteiger partial charge in [0.2, 0.25) is 0 Å². The Labute approximate surface area is 164 Å². The van der Waals surface area contributed by atoms with Gasteiger partial charge in [0.05, 0.1) is 23.1 Å². The molecule has 0 N–H and O–H groups in total. The Morgan fingerprint density at radius 1 is 1.23 bits per heavy atom. The average molecular weight is 426 g/mol. The van der Waals surface area contributed by atoms with Crippen LogP contribution in [0.3, 0.4) is 0 Å². The highest BCUT2D eigenvalue weighted by Crippen LogP contribution is 2.37. The number of nitrogens with zero attached hydrogens (tertiary/aromatic N) is 1. The van der Waals surface area contributed by atoms with E-state index in [0.717, 1.165) is 15.0 Å². The SMILES string of the molecule is O=C(c1sc2ccccc2c1Cl)N(Cc1cccs1)[C@H]1CCS(=O)(=O)C1. The van der Waals surface area contributed by atoms with Crippen molar-refractivity contribution < 1.29 is 13.2 Å². The molecule has 1 aliphatic rings. The van der Waals surface area contributed by atoms with Crippen LogP contribution in [-0.2, 0) is 16.4 Å². The van der Waals surface area contributed by atoms with E-state index in [1.807, 2.05) is 41.8 Å². The highest BCUT2D eigenvalue weighted by atomic mass is 35.5. The van der Waals surface area contributed by atoms with Crippen LogP contribution in [0.4, 0.5) is 0 Å². The van der Waals surface area contributed by atoms with Crippen LogP contribution in [-0.4, -0.2) is 36.8 Å². The number of fused-ring (bicyclic) bond motifs is 1. The molecule has 0 radical (unpaired) electrons. The van der Waals surface area contributed by atoms with Crippen molar-refractivity contribution in [1.82, 2.24) is 4.90 Å². The highest BCUT2D eigenvalue weighted by molar-refractivity contribution is 7.91.